The first-order valence-electron chi connectivity index (χ1n) is 17.2. The molecule has 0 aliphatic heterocycles. The van der Waals surface area contributed by atoms with E-state index in [9.17, 15) is 31.7 Å². The summed E-state index contributed by atoms with van der Waals surface area (Å²) in [5, 5.41) is 9.31. The molecule has 2 aliphatic carbocycles. The third-order valence-corrected chi connectivity index (χ3v) is 11.4. The van der Waals surface area contributed by atoms with E-state index < -0.39 is 93.8 Å². The Morgan fingerprint density at radius 3 is 2.53 bits per heavy atom. The Labute approximate surface area is 335 Å². The Hall–Kier alpha value is -4.64. The summed E-state index contributed by atoms with van der Waals surface area (Å²) in [7, 11) is 1.47. The highest BCUT2D eigenvalue weighted by molar-refractivity contribution is 8.00. The molecule has 4 unspecified atom stereocenters. The van der Waals surface area contributed by atoms with Gasteiger partial charge >= 0.3 is 0 Å². The van der Waals surface area contributed by atoms with Crippen LogP contribution in [-0.4, -0.2) is 59.9 Å². The second-order valence-electron chi connectivity index (χ2n) is 13.9. The van der Waals surface area contributed by atoms with Gasteiger partial charge in [-0.2, -0.15) is 13.9 Å². The maximum absolute atomic E-state index is 15.4. The van der Waals surface area contributed by atoms with Crippen molar-refractivity contribution >= 4 is 52.2 Å². The molecule has 2 aliphatic rings. The second-order valence-corrected chi connectivity index (χ2v) is 16.8. The molecule has 1 amide bonds. The van der Waals surface area contributed by atoms with Crippen molar-refractivity contribution in [2.24, 2.45) is 16.0 Å². The summed E-state index contributed by atoms with van der Waals surface area (Å²) in [6, 6.07) is 5.02. The number of nitrogens with two attached hydrogens (primary N) is 1. The van der Waals surface area contributed by atoms with Gasteiger partial charge in [0.05, 0.1) is 44.1 Å². The predicted octanol–water partition coefficient (Wildman–Crippen LogP) is 6.14. The van der Waals surface area contributed by atoms with Crippen LogP contribution in [0.3, 0.4) is 0 Å². The minimum atomic E-state index is -3.52. The van der Waals surface area contributed by atoms with Crippen molar-refractivity contribution < 1.29 is 35.7 Å². The van der Waals surface area contributed by atoms with Crippen LogP contribution >= 0.6 is 23.4 Å². The number of thioether (sulfide) groups is 1. The van der Waals surface area contributed by atoms with Gasteiger partial charge in [-0.05, 0) is 72.6 Å². The number of nitrogens with zero attached hydrogens (tertiary/aromatic N) is 5. The maximum atomic E-state index is 15.4. The van der Waals surface area contributed by atoms with Crippen LogP contribution in [-0.2, 0) is 35.0 Å². The minimum Gasteiger partial charge on any atom is -0.591 e. The van der Waals surface area contributed by atoms with Gasteiger partial charge in [-0.25, -0.2) is 22.5 Å². The van der Waals surface area contributed by atoms with E-state index in [0.717, 1.165) is 22.8 Å². The SMILES string of the molecule is CNc1c(-n2c(C(Cc3cc(F)cc(F)c3)NC(=O)Cn3nc(C(F)F)c4c3C(F)(F)C3CC43)nc(C#CC(C)(C)SC)cc2=O)ccc(Cl)c1C(N)=N[S+](C)[O-]. The summed E-state index contributed by atoms with van der Waals surface area (Å²) < 4.78 is 105. The Bertz CT molecular complexity index is 2390. The number of rotatable bonds is 12. The second kappa shape index (κ2) is 16.0. The lowest BCUT2D eigenvalue weighted by molar-refractivity contribution is -0.123. The van der Waals surface area contributed by atoms with Gasteiger partial charge in [0.25, 0.3) is 17.9 Å². The first-order valence-corrected chi connectivity index (χ1v) is 20.3. The number of amidine groups is 1. The van der Waals surface area contributed by atoms with Gasteiger partial charge in [0.1, 0.15) is 47.3 Å². The number of alkyl halides is 4. The number of fused-ring (bicyclic) bond motifs is 3. The number of hydrogen-bond donors (Lipinski definition) is 3. The molecule has 2 heterocycles. The van der Waals surface area contributed by atoms with Crippen molar-refractivity contribution in [3.8, 4) is 17.5 Å². The monoisotopic (exact) mass is 852 g/mol. The smallest absolute Gasteiger partial charge is 0.293 e. The quantitative estimate of drug-likeness (QED) is 0.0505. The van der Waals surface area contributed by atoms with Crippen molar-refractivity contribution in [2.45, 2.75) is 62.3 Å². The van der Waals surface area contributed by atoms with Gasteiger partial charge in [0.2, 0.25) is 5.91 Å². The molecular formula is C37H35ClF6N8O3S2. The molecule has 2 aromatic carbocycles. The highest BCUT2D eigenvalue weighted by Gasteiger charge is 2.67. The molecule has 2 aromatic heterocycles. The van der Waals surface area contributed by atoms with Crippen LogP contribution in [0.15, 0.2) is 45.6 Å². The van der Waals surface area contributed by atoms with Crippen LogP contribution in [0.25, 0.3) is 5.69 Å². The lowest BCUT2D eigenvalue weighted by atomic mass is 10.0. The number of benzene rings is 2. The molecule has 0 radical (unpaired) electrons. The van der Waals surface area contributed by atoms with E-state index >= 15 is 8.78 Å². The van der Waals surface area contributed by atoms with Crippen LogP contribution in [0, 0.1) is 29.4 Å². The van der Waals surface area contributed by atoms with Crippen LogP contribution in [0.2, 0.25) is 5.02 Å². The number of carbonyl (C=O) groups excluding carboxylic acids is 1. The summed E-state index contributed by atoms with van der Waals surface area (Å²) in [4.78, 5) is 32.9. The Morgan fingerprint density at radius 2 is 1.91 bits per heavy atom. The average molecular weight is 853 g/mol. The largest absolute Gasteiger partial charge is 0.591 e. The lowest BCUT2D eigenvalue weighted by Crippen LogP contribution is -2.38. The van der Waals surface area contributed by atoms with E-state index in [1.165, 1.54) is 37.2 Å². The Balaban J connectivity index is 1.55. The van der Waals surface area contributed by atoms with E-state index in [0.29, 0.717) is 10.7 Å². The normalized spacial score (nSPS) is 18.0. The molecule has 302 valence electrons. The average Bonchev–Trinajstić information content (AvgIpc) is 3.78. The summed E-state index contributed by atoms with van der Waals surface area (Å²) in [5.41, 5.74) is 3.64. The molecule has 0 bridgehead atoms. The zero-order chi connectivity index (χ0) is 41.7. The van der Waals surface area contributed by atoms with Crippen LogP contribution in [0.1, 0.15) is 78.3 Å². The van der Waals surface area contributed by atoms with Crippen molar-refractivity contribution in [1.82, 2.24) is 24.6 Å². The van der Waals surface area contributed by atoms with E-state index in [2.05, 4.69) is 37.0 Å². The first-order chi connectivity index (χ1) is 26.8. The first kappa shape index (κ1) is 42.0. The highest BCUT2D eigenvalue weighted by Crippen LogP contribution is 2.68. The minimum absolute atomic E-state index is 0.00919. The lowest BCUT2D eigenvalue weighted by Gasteiger charge is -2.25. The van der Waals surface area contributed by atoms with Gasteiger partial charge in [-0.3, -0.25) is 18.8 Å². The standard InChI is InChI=1S/C37H35ClF6N8O3S2/c1-36(2,56-4)9-8-20-14-27(54)52(25-7-6-23(38)29(30(25)46-3)34(45)50-57(5)55)35(47-20)24(12-17-10-18(39)13-19(40)11-17)48-26(53)16-51-32-28(31(49-51)33(41)42)21-15-22(21)37(32,43)44/h6-7,10-11,13-14,21-22,24,33,46H,12,15-16H2,1-5H3,(H2,45,50)(H,48,53). The van der Waals surface area contributed by atoms with Gasteiger partial charge in [0.15, 0.2) is 5.84 Å². The zero-order valence-corrected chi connectivity index (χ0v) is 33.3. The number of aromatic nitrogens is 4. The van der Waals surface area contributed by atoms with Crippen molar-refractivity contribution in [1.29, 1.82) is 0 Å². The fourth-order valence-electron chi connectivity index (χ4n) is 6.87. The van der Waals surface area contributed by atoms with E-state index in [4.69, 9.17) is 17.3 Å². The van der Waals surface area contributed by atoms with Gasteiger partial charge in [-0.1, -0.05) is 17.5 Å². The molecule has 6 rings (SSSR count). The summed E-state index contributed by atoms with van der Waals surface area (Å²) in [5.74, 6) is -3.11. The molecule has 4 atom stereocenters. The van der Waals surface area contributed by atoms with E-state index in [1.807, 2.05) is 20.1 Å². The van der Waals surface area contributed by atoms with Crippen molar-refractivity contribution in [3.63, 3.8) is 0 Å². The molecule has 1 saturated carbocycles. The molecule has 4 N–H and O–H groups in total. The number of amides is 1. The molecule has 20 heteroatoms. The predicted molar refractivity (Wildman–Crippen MR) is 207 cm³/mol. The summed E-state index contributed by atoms with van der Waals surface area (Å²) >= 11 is 6.17. The topological polar surface area (TPSA) is 155 Å². The third kappa shape index (κ3) is 8.50. The van der Waals surface area contributed by atoms with Crippen LogP contribution in [0.4, 0.5) is 32.0 Å². The maximum Gasteiger partial charge on any atom is 0.293 e. The number of halogens is 7. The number of hydrogen-bond acceptors (Lipinski definition) is 8. The summed E-state index contributed by atoms with van der Waals surface area (Å²) in [6.07, 6.45) is -0.516. The summed E-state index contributed by atoms with van der Waals surface area (Å²) in [6.45, 7) is 2.70. The number of nitrogens with one attached hydrogen (secondary N) is 2. The van der Waals surface area contributed by atoms with Gasteiger partial charge in [-0.15, -0.1) is 11.8 Å². The fraction of sp³-hybridized carbons (Fsp3) is 0.378. The highest BCUT2D eigenvalue weighted by atomic mass is 35.5. The van der Waals surface area contributed by atoms with Crippen LogP contribution < -0.4 is 21.9 Å². The Kier molecular flexibility index (Phi) is 11.7. The van der Waals surface area contributed by atoms with Gasteiger partial charge in [0, 0.05) is 37.1 Å². The molecule has 11 nitrogen and oxygen atoms in total. The molecular weight excluding hydrogens is 818 g/mol. The molecule has 0 saturated heterocycles. The van der Waals surface area contributed by atoms with Crippen molar-refractivity contribution in [3.05, 3.63) is 103 Å². The third-order valence-electron chi connectivity index (χ3n) is 9.52. The van der Waals surface area contributed by atoms with Gasteiger partial charge < -0.3 is 20.9 Å². The van der Waals surface area contributed by atoms with E-state index in [1.54, 1.807) is 0 Å². The molecule has 0 spiro atoms. The molecule has 57 heavy (non-hydrogen) atoms. The fourth-order valence-corrected chi connectivity index (χ4v) is 7.65. The van der Waals surface area contributed by atoms with E-state index in [-0.39, 0.29) is 56.9 Å². The van der Waals surface area contributed by atoms with Crippen LogP contribution in [0.5, 0.6) is 0 Å². The number of carbonyl (C=O) groups is 1. The molecule has 1 fully saturated rings. The number of anilines is 1. The van der Waals surface area contributed by atoms with Crippen molar-refractivity contribution in [2.75, 3.05) is 24.9 Å². The molecule has 4 aromatic rings. The zero-order valence-electron chi connectivity index (χ0n) is 30.9. The Morgan fingerprint density at radius 1 is 1.23 bits per heavy atom.